The lowest BCUT2D eigenvalue weighted by Crippen LogP contribution is -2.00. The molecule has 1 N–H and O–H groups in total. The number of benzene rings is 1. The van der Waals surface area contributed by atoms with E-state index in [2.05, 4.69) is 20.9 Å². The normalized spacial score (nSPS) is 10.1. The van der Waals surface area contributed by atoms with Crippen LogP contribution in [0.15, 0.2) is 40.9 Å². The quantitative estimate of drug-likeness (QED) is 0.925. The molecule has 6 heteroatoms. The molecular weight excluding hydrogens is 321 g/mol. The zero-order chi connectivity index (χ0) is 13.1. The molecular formula is C12H7BrClNO3. The van der Waals surface area contributed by atoms with E-state index in [1.54, 1.807) is 30.3 Å². The van der Waals surface area contributed by atoms with Crippen LogP contribution in [0.5, 0.6) is 11.6 Å². The number of hydrogen-bond acceptors (Lipinski definition) is 3. The molecule has 0 saturated heterocycles. The van der Waals surface area contributed by atoms with Crippen molar-refractivity contribution < 1.29 is 14.6 Å². The molecule has 0 aliphatic heterocycles. The lowest BCUT2D eigenvalue weighted by molar-refractivity contribution is 0.0689. The fraction of sp³-hybridized carbons (Fsp3) is 0. The van der Waals surface area contributed by atoms with Gasteiger partial charge in [0.05, 0.1) is 5.02 Å². The molecule has 18 heavy (non-hydrogen) atoms. The molecule has 2 rings (SSSR count). The minimum Gasteiger partial charge on any atom is -0.477 e. The Morgan fingerprint density at radius 1 is 1.33 bits per heavy atom. The van der Waals surface area contributed by atoms with Gasteiger partial charge in [-0.15, -0.1) is 0 Å². The van der Waals surface area contributed by atoms with E-state index in [1.807, 2.05) is 0 Å². The van der Waals surface area contributed by atoms with Crippen LogP contribution in [0.3, 0.4) is 0 Å². The van der Waals surface area contributed by atoms with Gasteiger partial charge in [0.2, 0.25) is 5.88 Å². The molecule has 1 aromatic heterocycles. The third-order valence-electron chi connectivity index (χ3n) is 2.05. The van der Waals surface area contributed by atoms with E-state index in [4.69, 9.17) is 21.4 Å². The first kappa shape index (κ1) is 12.9. The highest BCUT2D eigenvalue weighted by molar-refractivity contribution is 9.10. The fourth-order valence-corrected chi connectivity index (χ4v) is 1.76. The Hall–Kier alpha value is -1.59. The highest BCUT2D eigenvalue weighted by atomic mass is 79.9. The van der Waals surface area contributed by atoms with Crippen molar-refractivity contribution in [1.82, 2.24) is 4.98 Å². The lowest BCUT2D eigenvalue weighted by atomic mass is 10.3. The molecule has 0 atom stereocenters. The summed E-state index contributed by atoms with van der Waals surface area (Å²) in [5.74, 6) is -0.531. The van der Waals surface area contributed by atoms with Gasteiger partial charge in [-0.05, 0) is 24.3 Å². The number of aromatic carboxylic acids is 1. The van der Waals surface area contributed by atoms with E-state index < -0.39 is 5.97 Å². The van der Waals surface area contributed by atoms with Crippen LogP contribution in [-0.2, 0) is 0 Å². The van der Waals surface area contributed by atoms with Crippen LogP contribution in [0.2, 0.25) is 5.02 Å². The minimum absolute atomic E-state index is 0.0846. The van der Waals surface area contributed by atoms with Gasteiger partial charge in [-0.1, -0.05) is 33.6 Å². The molecule has 92 valence electrons. The Kier molecular flexibility index (Phi) is 3.84. The molecule has 0 amide bonds. The summed E-state index contributed by atoms with van der Waals surface area (Å²) in [5.41, 5.74) is -0.0846. The zero-order valence-electron chi connectivity index (χ0n) is 8.93. The molecule has 0 aliphatic carbocycles. The third kappa shape index (κ3) is 3.00. The summed E-state index contributed by atoms with van der Waals surface area (Å²) in [5, 5.41) is 9.24. The number of halogens is 2. The first-order chi connectivity index (χ1) is 8.56. The Morgan fingerprint density at radius 2 is 2.11 bits per heavy atom. The van der Waals surface area contributed by atoms with Gasteiger partial charge in [-0.2, -0.15) is 0 Å². The van der Waals surface area contributed by atoms with Gasteiger partial charge in [-0.25, -0.2) is 9.78 Å². The van der Waals surface area contributed by atoms with Crippen LogP contribution < -0.4 is 4.74 Å². The van der Waals surface area contributed by atoms with Crippen LogP contribution in [-0.4, -0.2) is 16.1 Å². The van der Waals surface area contributed by atoms with Gasteiger partial charge in [0, 0.05) is 10.5 Å². The second kappa shape index (κ2) is 5.37. The Balaban J connectivity index is 2.31. The van der Waals surface area contributed by atoms with Crippen LogP contribution in [0.25, 0.3) is 0 Å². The first-order valence-corrected chi connectivity index (χ1v) is 6.06. The predicted molar refractivity (Wildman–Crippen MR) is 70.4 cm³/mol. The number of aromatic nitrogens is 1. The van der Waals surface area contributed by atoms with Gasteiger partial charge in [0.15, 0.2) is 5.69 Å². The maximum absolute atomic E-state index is 10.8. The van der Waals surface area contributed by atoms with Gasteiger partial charge >= 0.3 is 5.97 Å². The summed E-state index contributed by atoms with van der Waals surface area (Å²) in [6.45, 7) is 0. The summed E-state index contributed by atoms with van der Waals surface area (Å²) in [4.78, 5) is 14.6. The van der Waals surface area contributed by atoms with Crippen molar-refractivity contribution in [3.05, 3.63) is 51.6 Å². The molecule has 2 aromatic rings. The topological polar surface area (TPSA) is 59.4 Å². The number of nitrogens with zero attached hydrogens (tertiary/aromatic N) is 1. The maximum atomic E-state index is 10.8. The van der Waals surface area contributed by atoms with Crippen molar-refractivity contribution >= 4 is 33.5 Å². The summed E-state index contributed by atoms with van der Waals surface area (Å²) in [7, 11) is 0. The van der Waals surface area contributed by atoms with Crippen molar-refractivity contribution in [3.63, 3.8) is 0 Å². The van der Waals surface area contributed by atoms with E-state index in [-0.39, 0.29) is 11.6 Å². The molecule has 0 unspecified atom stereocenters. The number of rotatable bonds is 3. The number of carboxylic acid groups (broad SMARTS) is 1. The van der Waals surface area contributed by atoms with Crippen molar-refractivity contribution in [1.29, 1.82) is 0 Å². The SMILES string of the molecule is O=C(O)c1cccc(Oc2cc(Br)ccc2Cl)n1. The minimum atomic E-state index is -1.11. The predicted octanol–water partition coefficient (Wildman–Crippen LogP) is 3.99. The first-order valence-electron chi connectivity index (χ1n) is 4.89. The van der Waals surface area contributed by atoms with Crippen LogP contribution >= 0.6 is 27.5 Å². The van der Waals surface area contributed by atoms with Crippen molar-refractivity contribution in [2.75, 3.05) is 0 Å². The van der Waals surface area contributed by atoms with Crippen LogP contribution in [0, 0.1) is 0 Å². The molecule has 0 radical (unpaired) electrons. The molecule has 0 bridgehead atoms. The number of carbonyl (C=O) groups is 1. The monoisotopic (exact) mass is 327 g/mol. The van der Waals surface area contributed by atoms with Gasteiger partial charge < -0.3 is 9.84 Å². The number of pyridine rings is 1. The summed E-state index contributed by atoms with van der Waals surface area (Å²) < 4.78 is 6.25. The average Bonchev–Trinajstić information content (AvgIpc) is 2.34. The molecule has 0 aliphatic rings. The van der Waals surface area contributed by atoms with Gasteiger partial charge in [0.1, 0.15) is 5.75 Å². The smallest absolute Gasteiger partial charge is 0.354 e. The lowest BCUT2D eigenvalue weighted by Gasteiger charge is -2.07. The summed E-state index contributed by atoms with van der Waals surface area (Å²) in [6, 6.07) is 9.62. The van der Waals surface area contributed by atoms with Gasteiger partial charge in [-0.3, -0.25) is 0 Å². The molecule has 0 spiro atoms. The second-order valence-corrected chi connectivity index (χ2v) is 4.67. The van der Waals surface area contributed by atoms with Crippen LogP contribution in [0.1, 0.15) is 10.5 Å². The average molecular weight is 329 g/mol. The standard InChI is InChI=1S/C12H7BrClNO3/c13-7-4-5-8(14)10(6-7)18-11-3-1-2-9(15-11)12(16)17/h1-6H,(H,16,17). The summed E-state index contributed by atoms with van der Waals surface area (Å²) in [6.07, 6.45) is 0. The molecule has 0 saturated carbocycles. The Morgan fingerprint density at radius 3 is 2.83 bits per heavy atom. The van der Waals surface area contributed by atoms with E-state index in [0.29, 0.717) is 10.8 Å². The second-order valence-electron chi connectivity index (χ2n) is 3.34. The van der Waals surface area contributed by atoms with E-state index in [0.717, 1.165) is 4.47 Å². The zero-order valence-corrected chi connectivity index (χ0v) is 11.3. The fourth-order valence-electron chi connectivity index (χ4n) is 1.26. The van der Waals surface area contributed by atoms with E-state index in [9.17, 15) is 4.79 Å². The highest BCUT2D eigenvalue weighted by Gasteiger charge is 2.08. The number of hydrogen-bond donors (Lipinski definition) is 1. The number of ether oxygens (including phenoxy) is 1. The van der Waals surface area contributed by atoms with Crippen molar-refractivity contribution in [2.24, 2.45) is 0 Å². The maximum Gasteiger partial charge on any atom is 0.354 e. The van der Waals surface area contributed by atoms with Crippen molar-refractivity contribution in [3.8, 4) is 11.6 Å². The van der Waals surface area contributed by atoms with Crippen LogP contribution in [0.4, 0.5) is 0 Å². The molecule has 1 heterocycles. The van der Waals surface area contributed by atoms with E-state index in [1.165, 1.54) is 6.07 Å². The number of carboxylic acids is 1. The largest absolute Gasteiger partial charge is 0.477 e. The highest BCUT2D eigenvalue weighted by Crippen LogP contribution is 2.31. The molecule has 0 fully saturated rings. The molecule has 1 aromatic carbocycles. The van der Waals surface area contributed by atoms with Gasteiger partial charge in [0.25, 0.3) is 0 Å². The van der Waals surface area contributed by atoms with E-state index >= 15 is 0 Å². The Labute approximate surface area is 116 Å². The third-order valence-corrected chi connectivity index (χ3v) is 2.86. The Bertz CT molecular complexity index is 604. The molecule has 4 nitrogen and oxygen atoms in total. The summed E-state index contributed by atoms with van der Waals surface area (Å²) >= 11 is 9.25. The van der Waals surface area contributed by atoms with Crippen molar-refractivity contribution in [2.45, 2.75) is 0 Å².